The molecule has 0 spiro atoms. The average molecular weight is 279 g/mol. The molecule has 3 nitrogen and oxygen atoms in total. The molecule has 0 heterocycles. The van der Waals surface area contributed by atoms with E-state index in [-0.39, 0.29) is 0 Å². The third-order valence-corrected chi connectivity index (χ3v) is 3.51. The molecule has 1 unspecified atom stereocenters. The summed E-state index contributed by atoms with van der Waals surface area (Å²) in [4.78, 5) is 0. The Morgan fingerprint density at radius 2 is 1.90 bits per heavy atom. The lowest BCUT2D eigenvalue weighted by Gasteiger charge is -2.17. The number of benzene rings is 1. The summed E-state index contributed by atoms with van der Waals surface area (Å²) >= 11 is 0. The van der Waals surface area contributed by atoms with Crippen LogP contribution in [-0.4, -0.2) is 20.8 Å². The molecule has 3 heteroatoms. The van der Waals surface area contributed by atoms with Gasteiger partial charge < -0.3 is 14.8 Å². The summed E-state index contributed by atoms with van der Waals surface area (Å²) in [6.07, 6.45) is 2.50. The predicted molar refractivity (Wildman–Crippen MR) is 84.2 cm³/mol. The number of nitrogens with one attached hydrogen (secondary N) is 1. The van der Waals surface area contributed by atoms with Crippen molar-refractivity contribution in [2.45, 2.75) is 46.3 Å². The first-order chi connectivity index (χ1) is 9.58. The topological polar surface area (TPSA) is 30.5 Å². The summed E-state index contributed by atoms with van der Waals surface area (Å²) in [5.74, 6) is 1.67. The van der Waals surface area contributed by atoms with Gasteiger partial charge in [-0.25, -0.2) is 0 Å². The van der Waals surface area contributed by atoms with E-state index >= 15 is 0 Å². The third-order valence-electron chi connectivity index (χ3n) is 3.51. The smallest absolute Gasteiger partial charge is 0.124 e. The third kappa shape index (κ3) is 5.51. The zero-order chi connectivity index (χ0) is 15.0. The van der Waals surface area contributed by atoms with Gasteiger partial charge in [0.15, 0.2) is 0 Å². The number of ether oxygens (including phenoxy) is 2. The second-order valence-electron chi connectivity index (χ2n) is 5.72. The van der Waals surface area contributed by atoms with Crippen LogP contribution < -0.4 is 10.1 Å². The Hall–Kier alpha value is -1.06. The Bertz CT molecular complexity index is 391. The molecule has 0 saturated heterocycles. The van der Waals surface area contributed by atoms with Crippen molar-refractivity contribution in [2.24, 2.45) is 5.92 Å². The van der Waals surface area contributed by atoms with Gasteiger partial charge in [0.1, 0.15) is 5.75 Å². The van der Waals surface area contributed by atoms with E-state index in [1.54, 1.807) is 14.2 Å². The maximum absolute atomic E-state index is 5.36. The first-order valence-corrected chi connectivity index (χ1v) is 7.47. The molecular weight excluding hydrogens is 250 g/mol. The number of hydrogen-bond acceptors (Lipinski definition) is 3. The van der Waals surface area contributed by atoms with Gasteiger partial charge in [-0.2, -0.15) is 0 Å². The largest absolute Gasteiger partial charge is 0.496 e. The van der Waals surface area contributed by atoms with Gasteiger partial charge in [-0.05, 0) is 49.9 Å². The van der Waals surface area contributed by atoms with Crippen LogP contribution in [0.1, 0.15) is 50.8 Å². The highest BCUT2D eigenvalue weighted by molar-refractivity contribution is 5.38. The molecule has 0 radical (unpaired) electrons. The summed E-state index contributed by atoms with van der Waals surface area (Å²) < 4.78 is 10.6. The fourth-order valence-electron chi connectivity index (χ4n) is 2.28. The van der Waals surface area contributed by atoms with E-state index in [4.69, 9.17) is 9.47 Å². The van der Waals surface area contributed by atoms with Crippen LogP contribution in [0.15, 0.2) is 18.2 Å². The molecule has 0 fully saturated rings. The number of hydrogen-bond donors (Lipinski definition) is 1. The van der Waals surface area contributed by atoms with Gasteiger partial charge >= 0.3 is 0 Å². The first-order valence-electron chi connectivity index (χ1n) is 7.47. The molecule has 1 N–H and O–H groups in total. The molecular formula is C17H29NO2. The van der Waals surface area contributed by atoms with Gasteiger partial charge in [-0.3, -0.25) is 0 Å². The Morgan fingerprint density at radius 1 is 1.15 bits per heavy atom. The minimum absolute atomic E-state index is 0.351. The summed E-state index contributed by atoms with van der Waals surface area (Å²) in [5.41, 5.74) is 2.38. The molecule has 0 bridgehead atoms. The van der Waals surface area contributed by atoms with Crippen molar-refractivity contribution in [1.82, 2.24) is 5.32 Å². The lowest BCUT2D eigenvalue weighted by molar-refractivity contribution is 0.181. The highest BCUT2D eigenvalue weighted by atomic mass is 16.5. The lowest BCUT2D eigenvalue weighted by Crippen LogP contribution is -2.20. The molecule has 1 rings (SSSR count). The number of rotatable bonds is 9. The van der Waals surface area contributed by atoms with Crippen molar-refractivity contribution in [1.29, 1.82) is 0 Å². The molecule has 1 aromatic carbocycles. The van der Waals surface area contributed by atoms with Gasteiger partial charge in [0.2, 0.25) is 0 Å². The van der Waals surface area contributed by atoms with Gasteiger partial charge in [-0.1, -0.05) is 19.9 Å². The zero-order valence-electron chi connectivity index (χ0n) is 13.5. The predicted octanol–water partition coefficient (Wildman–Crippen LogP) is 3.93. The van der Waals surface area contributed by atoms with Crippen LogP contribution in [0.2, 0.25) is 0 Å². The molecule has 1 aromatic rings. The van der Waals surface area contributed by atoms with E-state index in [1.807, 2.05) is 6.07 Å². The Morgan fingerprint density at radius 3 is 2.50 bits per heavy atom. The summed E-state index contributed by atoms with van der Waals surface area (Å²) in [7, 11) is 3.40. The fourth-order valence-corrected chi connectivity index (χ4v) is 2.28. The van der Waals surface area contributed by atoms with E-state index in [9.17, 15) is 0 Å². The minimum Gasteiger partial charge on any atom is -0.496 e. The Balaban J connectivity index is 2.58. The second-order valence-corrected chi connectivity index (χ2v) is 5.72. The van der Waals surface area contributed by atoms with Crippen LogP contribution >= 0.6 is 0 Å². The van der Waals surface area contributed by atoms with Gasteiger partial charge in [-0.15, -0.1) is 0 Å². The molecule has 0 aromatic heterocycles. The number of methoxy groups -OCH3 is 2. The highest BCUT2D eigenvalue weighted by Crippen LogP contribution is 2.24. The van der Waals surface area contributed by atoms with Crippen molar-refractivity contribution >= 4 is 0 Å². The molecule has 0 aliphatic rings. The molecule has 114 valence electrons. The quantitative estimate of drug-likeness (QED) is 0.695. The highest BCUT2D eigenvalue weighted by Gasteiger charge is 2.09. The fraction of sp³-hybridized carbons (Fsp3) is 0.647. The summed E-state index contributed by atoms with van der Waals surface area (Å²) in [5, 5.41) is 3.58. The van der Waals surface area contributed by atoms with Crippen LogP contribution in [0, 0.1) is 5.92 Å². The standard InChI is InChI=1S/C17H29NO2/c1-13(2)7-6-10-18-14(3)15-8-9-17(20-5)16(11-15)12-19-4/h8-9,11,13-14,18H,6-7,10,12H2,1-5H3. The molecule has 0 aliphatic carbocycles. The molecule has 0 saturated carbocycles. The van der Waals surface area contributed by atoms with Crippen molar-refractivity contribution < 1.29 is 9.47 Å². The lowest BCUT2D eigenvalue weighted by atomic mass is 10.0. The Kier molecular flexibility index (Phi) is 7.63. The van der Waals surface area contributed by atoms with E-state index in [2.05, 4.69) is 38.2 Å². The SMILES string of the molecule is COCc1cc(C(C)NCCCC(C)C)ccc1OC. The van der Waals surface area contributed by atoms with Crippen LogP contribution in [0.4, 0.5) is 0 Å². The summed E-state index contributed by atoms with van der Waals surface area (Å²) in [6.45, 7) is 8.38. The molecule has 0 aliphatic heterocycles. The van der Waals surface area contributed by atoms with E-state index in [0.29, 0.717) is 12.6 Å². The Labute approximate surface area is 123 Å². The van der Waals surface area contributed by atoms with Gasteiger partial charge in [0.25, 0.3) is 0 Å². The van der Waals surface area contributed by atoms with Crippen molar-refractivity contribution in [3.8, 4) is 5.75 Å². The minimum atomic E-state index is 0.351. The van der Waals surface area contributed by atoms with Crippen LogP contribution in [0.5, 0.6) is 5.75 Å². The van der Waals surface area contributed by atoms with E-state index in [1.165, 1.54) is 18.4 Å². The van der Waals surface area contributed by atoms with Gasteiger partial charge in [0.05, 0.1) is 13.7 Å². The van der Waals surface area contributed by atoms with Crippen LogP contribution in [0.3, 0.4) is 0 Å². The van der Waals surface area contributed by atoms with Gasteiger partial charge in [0, 0.05) is 18.7 Å². The van der Waals surface area contributed by atoms with E-state index in [0.717, 1.165) is 23.8 Å². The average Bonchev–Trinajstić information content (AvgIpc) is 2.43. The molecule has 20 heavy (non-hydrogen) atoms. The van der Waals surface area contributed by atoms with E-state index < -0.39 is 0 Å². The van der Waals surface area contributed by atoms with Crippen LogP contribution in [0.25, 0.3) is 0 Å². The second kappa shape index (κ2) is 8.98. The first kappa shape index (κ1) is 17.0. The molecule has 1 atom stereocenters. The maximum Gasteiger partial charge on any atom is 0.124 e. The van der Waals surface area contributed by atoms with Crippen molar-refractivity contribution in [3.05, 3.63) is 29.3 Å². The monoisotopic (exact) mass is 279 g/mol. The molecule has 0 amide bonds. The normalized spacial score (nSPS) is 12.7. The van der Waals surface area contributed by atoms with Crippen LogP contribution in [-0.2, 0) is 11.3 Å². The maximum atomic E-state index is 5.36. The summed E-state index contributed by atoms with van der Waals surface area (Å²) in [6, 6.07) is 6.67. The van der Waals surface area contributed by atoms with Crippen molar-refractivity contribution in [3.63, 3.8) is 0 Å². The van der Waals surface area contributed by atoms with Crippen molar-refractivity contribution in [2.75, 3.05) is 20.8 Å². The zero-order valence-corrected chi connectivity index (χ0v) is 13.5.